The van der Waals surface area contributed by atoms with E-state index in [9.17, 15) is 4.39 Å². The molecule has 0 atom stereocenters. The lowest BCUT2D eigenvalue weighted by atomic mass is 10.3. The minimum atomic E-state index is 0.0631. The molecule has 2 aliphatic heterocycles. The molecule has 0 aromatic heterocycles. The topological polar surface area (TPSA) is 6.48 Å². The monoisotopic (exact) mass is 296 g/mol. The van der Waals surface area contributed by atoms with E-state index in [0.717, 1.165) is 26.1 Å². The first-order valence-corrected chi connectivity index (χ1v) is 8.48. The molecular formula is C18H33FN2. The van der Waals surface area contributed by atoms with E-state index < -0.39 is 0 Å². The summed E-state index contributed by atoms with van der Waals surface area (Å²) in [4.78, 5) is 4.81. The molecule has 0 aromatic carbocycles. The predicted molar refractivity (Wildman–Crippen MR) is 90.2 cm³/mol. The van der Waals surface area contributed by atoms with E-state index in [-0.39, 0.29) is 5.83 Å². The summed E-state index contributed by atoms with van der Waals surface area (Å²) in [5.41, 5.74) is 0. The molecule has 2 aliphatic rings. The summed E-state index contributed by atoms with van der Waals surface area (Å²) in [6.07, 6.45) is 10.3. The average Bonchev–Trinajstić information content (AvgIpc) is 2.81. The molecule has 0 unspecified atom stereocenters. The predicted octanol–water partition coefficient (Wildman–Crippen LogP) is 4.39. The molecule has 0 saturated carbocycles. The molecule has 0 saturated heterocycles. The highest BCUT2D eigenvalue weighted by Crippen LogP contribution is 2.13. The van der Waals surface area contributed by atoms with Crippen molar-refractivity contribution in [2.75, 3.05) is 26.2 Å². The van der Waals surface area contributed by atoms with Crippen molar-refractivity contribution >= 4 is 0 Å². The Morgan fingerprint density at radius 1 is 0.905 bits per heavy atom. The van der Waals surface area contributed by atoms with Crippen molar-refractivity contribution in [3.8, 4) is 0 Å². The minimum Gasteiger partial charge on any atom is -0.300 e. The van der Waals surface area contributed by atoms with Gasteiger partial charge in [-0.05, 0) is 53.5 Å². The third-order valence-corrected chi connectivity index (χ3v) is 4.20. The molecule has 0 amide bonds. The zero-order chi connectivity index (χ0) is 15.7. The Morgan fingerprint density at radius 3 is 2.29 bits per heavy atom. The molecular weight excluding hydrogens is 263 g/mol. The second-order valence-electron chi connectivity index (χ2n) is 6.52. The van der Waals surface area contributed by atoms with Crippen molar-refractivity contribution in [1.29, 1.82) is 0 Å². The van der Waals surface area contributed by atoms with Gasteiger partial charge in [-0.15, -0.1) is 0 Å². The number of hydrogen-bond acceptors (Lipinski definition) is 2. The van der Waals surface area contributed by atoms with Gasteiger partial charge in [-0.3, -0.25) is 4.90 Å². The Labute approximate surface area is 130 Å². The van der Waals surface area contributed by atoms with E-state index in [1.807, 2.05) is 0 Å². The maximum absolute atomic E-state index is 12.7. The van der Waals surface area contributed by atoms with Crippen molar-refractivity contribution < 1.29 is 4.39 Å². The van der Waals surface area contributed by atoms with Crippen LogP contribution in [-0.2, 0) is 0 Å². The van der Waals surface area contributed by atoms with E-state index in [2.05, 4.69) is 49.6 Å². The first kappa shape index (κ1) is 18.4. The maximum Gasteiger partial charge on any atom is 0.0973 e. The lowest BCUT2D eigenvalue weighted by Gasteiger charge is -2.23. The zero-order valence-corrected chi connectivity index (χ0v) is 14.3. The van der Waals surface area contributed by atoms with Crippen molar-refractivity contribution in [1.82, 2.24) is 9.80 Å². The highest BCUT2D eigenvalue weighted by atomic mass is 19.1. The van der Waals surface area contributed by atoms with Crippen LogP contribution in [-0.4, -0.2) is 48.1 Å². The fraction of sp³-hybridized carbons (Fsp3) is 0.778. The van der Waals surface area contributed by atoms with E-state index in [4.69, 9.17) is 0 Å². The zero-order valence-electron chi connectivity index (χ0n) is 14.3. The van der Waals surface area contributed by atoms with Crippen LogP contribution in [0.5, 0.6) is 0 Å². The van der Waals surface area contributed by atoms with E-state index in [0.29, 0.717) is 18.5 Å². The lowest BCUT2D eigenvalue weighted by molar-refractivity contribution is 0.230. The van der Waals surface area contributed by atoms with Crippen molar-refractivity contribution in [2.45, 2.75) is 65.5 Å². The Bertz CT molecular complexity index is 334. The summed E-state index contributed by atoms with van der Waals surface area (Å²) < 4.78 is 12.7. The molecule has 0 bridgehead atoms. The average molecular weight is 296 g/mol. The molecule has 21 heavy (non-hydrogen) atoms. The van der Waals surface area contributed by atoms with Crippen LogP contribution in [0, 0.1) is 0 Å². The van der Waals surface area contributed by atoms with Gasteiger partial charge in [0.05, 0.1) is 5.83 Å². The maximum atomic E-state index is 12.7. The molecule has 2 rings (SSSR count). The van der Waals surface area contributed by atoms with Gasteiger partial charge in [-0.2, -0.15) is 0 Å². The Kier molecular flexibility index (Phi) is 8.86. The standard InChI is InChI=1S/C9H16FN.C9H17N/c1-8(2)11-6-3-4-9(10)5-7-11;1-9(2)10-7-5-3-4-6-8-10/h4,8H,3,5-7H2,1-2H3;3,5,9H,4,6-8H2,1-2H3. The highest BCUT2D eigenvalue weighted by molar-refractivity contribution is 4.95. The molecule has 0 aromatic rings. The molecule has 0 fully saturated rings. The van der Waals surface area contributed by atoms with Crippen molar-refractivity contribution in [3.05, 3.63) is 24.1 Å². The minimum absolute atomic E-state index is 0.0631. The van der Waals surface area contributed by atoms with Crippen LogP contribution in [0.1, 0.15) is 53.4 Å². The van der Waals surface area contributed by atoms with Crippen LogP contribution in [0.4, 0.5) is 4.39 Å². The van der Waals surface area contributed by atoms with Crippen LogP contribution < -0.4 is 0 Å². The van der Waals surface area contributed by atoms with Crippen LogP contribution in [0.15, 0.2) is 24.1 Å². The third kappa shape index (κ3) is 7.77. The first-order valence-electron chi connectivity index (χ1n) is 8.48. The SMILES string of the molecule is CC(C)N1CC=CCCC1.CC(C)N1CCC=C(F)CC1. The number of nitrogens with zero attached hydrogens (tertiary/aromatic N) is 2. The Hall–Kier alpha value is -0.670. The Balaban J connectivity index is 0.000000211. The highest BCUT2D eigenvalue weighted by Gasteiger charge is 2.12. The summed E-state index contributed by atoms with van der Waals surface area (Å²) in [6.45, 7) is 13.1. The van der Waals surface area contributed by atoms with Crippen LogP contribution in [0.3, 0.4) is 0 Å². The van der Waals surface area contributed by atoms with Gasteiger partial charge in [0, 0.05) is 38.1 Å². The van der Waals surface area contributed by atoms with Gasteiger partial charge >= 0.3 is 0 Å². The summed E-state index contributed by atoms with van der Waals surface area (Å²) in [5, 5.41) is 0. The van der Waals surface area contributed by atoms with Gasteiger partial charge < -0.3 is 4.90 Å². The van der Waals surface area contributed by atoms with Crippen molar-refractivity contribution in [3.63, 3.8) is 0 Å². The van der Waals surface area contributed by atoms with Gasteiger partial charge in [0.1, 0.15) is 0 Å². The molecule has 2 nitrogen and oxygen atoms in total. The second-order valence-corrected chi connectivity index (χ2v) is 6.52. The van der Waals surface area contributed by atoms with E-state index in [1.54, 1.807) is 6.08 Å². The van der Waals surface area contributed by atoms with Crippen molar-refractivity contribution in [2.24, 2.45) is 0 Å². The number of hydrogen-bond donors (Lipinski definition) is 0. The Morgan fingerprint density at radius 2 is 1.62 bits per heavy atom. The van der Waals surface area contributed by atoms with Gasteiger partial charge in [-0.25, -0.2) is 4.39 Å². The van der Waals surface area contributed by atoms with Gasteiger partial charge in [0.25, 0.3) is 0 Å². The third-order valence-electron chi connectivity index (χ3n) is 4.20. The molecule has 3 heteroatoms. The largest absolute Gasteiger partial charge is 0.300 e. The number of allylic oxidation sites excluding steroid dienone is 1. The number of rotatable bonds is 2. The molecule has 0 N–H and O–H groups in total. The van der Waals surface area contributed by atoms with Crippen LogP contribution in [0.25, 0.3) is 0 Å². The van der Waals surface area contributed by atoms with Crippen LogP contribution >= 0.6 is 0 Å². The first-order chi connectivity index (χ1) is 10.0. The normalized spacial score (nSPS) is 21.6. The van der Waals surface area contributed by atoms with Crippen LogP contribution in [0.2, 0.25) is 0 Å². The van der Waals surface area contributed by atoms with E-state index in [1.165, 1.54) is 19.4 Å². The smallest absolute Gasteiger partial charge is 0.0973 e. The fourth-order valence-corrected chi connectivity index (χ4v) is 2.67. The summed E-state index contributed by atoms with van der Waals surface area (Å²) in [7, 11) is 0. The lowest BCUT2D eigenvalue weighted by Crippen LogP contribution is -2.31. The molecule has 122 valence electrons. The van der Waals surface area contributed by atoms with E-state index >= 15 is 0 Å². The summed E-state index contributed by atoms with van der Waals surface area (Å²) >= 11 is 0. The molecule has 0 radical (unpaired) electrons. The molecule has 0 spiro atoms. The summed E-state index contributed by atoms with van der Waals surface area (Å²) in [5.74, 6) is 0.0631. The summed E-state index contributed by atoms with van der Waals surface area (Å²) in [6, 6.07) is 1.26. The number of halogens is 1. The molecule has 2 heterocycles. The fourth-order valence-electron chi connectivity index (χ4n) is 2.67. The van der Waals surface area contributed by atoms with Gasteiger partial charge in [0.15, 0.2) is 0 Å². The van der Waals surface area contributed by atoms with Gasteiger partial charge in [0.2, 0.25) is 0 Å². The quantitative estimate of drug-likeness (QED) is 0.697. The molecule has 0 aliphatic carbocycles. The van der Waals surface area contributed by atoms with Gasteiger partial charge in [-0.1, -0.05) is 18.2 Å². The second kappa shape index (κ2) is 10.1.